The standard InChI is InChI=1S/C24H31N3O4S/c1-19(2)27(32(29,30)23-13-7-10-20-9-5-6-12-22(20)23)18-24(28)26(15-16-31-4)17-21-11-8-14-25(21)3/h5-14,19H,15-18H2,1-4H3. The van der Waals surface area contributed by atoms with Gasteiger partial charge < -0.3 is 14.2 Å². The maximum atomic E-state index is 13.7. The second-order valence-corrected chi connectivity index (χ2v) is 9.90. The van der Waals surface area contributed by atoms with Crippen molar-refractivity contribution in [2.24, 2.45) is 7.05 Å². The molecule has 0 aliphatic carbocycles. The van der Waals surface area contributed by atoms with Gasteiger partial charge in [-0.05, 0) is 37.4 Å². The van der Waals surface area contributed by atoms with E-state index in [9.17, 15) is 13.2 Å². The lowest BCUT2D eigenvalue weighted by Crippen LogP contribution is -2.46. The Kier molecular flexibility index (Phi) is 7.71. The maximum Gasteiger partial charge on any atom is 0.244 e. The molecule has 0 unspecified atom stereocenters. The summed E-state index contributed by atoms with van der Waals surface area (Å²) in [6.45, 7) is 4.46. The number of aryl methyl sites for hydroxylation is 1. The number of nitrogens with zero attached hydrogens (tertiary/aromatic N) is 3. The molecule has 0 atom stereocenters. The van der Waals surface area contributed by atoms with E-state index in [1.54, 1.807) is 44.1 Å². The molecule has 0 saturated carbocycles. The van der Waals surface area contributed by atoms with Gasteiger partial charge in [-0.15, -0.1) is 0 Å². The van der Waals surface area contributed by atoms with Crippen LogP contribution < -0.4 is 0 Å². The minimum absolute atomic E-state index is 0.211. The first-order valence-electron chi connectivity index (χ1n) is 10.6. The molecule has 1 aromatic heterocycles. The molecule has 7 nitrogen and oxygen atoms in total. The molecule has 2 aromatic carbocycles. The summed E-state index contributed by atoms with van der Waals surface area (Å²) in [7, 11) is -0.401. The third kappa shape index (κ3) is 5.20. The van der Waals surface area contributed by atoms with E-state index in [-0.39, 0.29) is 23.4 Å². The zero-order chi connectivity index (χ0) is 23.3. The van der Waals surface area contributed by atoms with Gasteiger partial charge in [0, 0.05) is 44.0 Å². The number of ether oxygens (including phenoxy) is 1. The average Bonchev–Trinajstić information content (AvgIpc) is 3.18. The predicted molar refractivity (Wildman–Crippen MR) is 126 cm³/mol. The number of hydrogen-bond acceptors (Lipinski definition) is 4. The van der Waals surface area contributed by atoms with E-state index in [1.807, 2.05) is 54.2 Å². The number of fused-ring (bicyclic) bond motifs is 1. The van der Waals surface area contributed by atoms with Crippen LogP contribution in [0.15, 0.2) is 65.7 Å². The van der Waals surface area contributed by atoms with Gasteiger partial charge in [0.15, 0.2) is 0 Å². The van der Waals surface area contributed by atoms with E-state index >= 15 is 0 Å². The fourth-order valence-corrected chi connectivity index (χ4v) is 5.48. The third-order valence-electron chi connectivity index (χ3n) is 5.53. The Labute approximate surface area is 190 Å². The molecule has 8 heteroatoms. The first kappa shape index (κ1) is 24.0. The largest absolute Gasteiger partial charge is 0.383 e. The summed E-state index contributed by atoms with van der Waals surface area (Å²) in [4.78, 5) is 15.2. The van der Waals surface area contributed by atoms with E-state index in [1.165, 1.54) is 4.31 Å². The highest BCUT2D eigenvalue weighted by Crippen LogP contribution is 2.27. The highest BCUT2D eigenvalue weighted by atomic mass is 32.2. The van der Waals surface area contributed by atoms with E-state index in [0.29, 0.717) is 25.1 Å². The smallest absolute Gasteiger partial charge is 0.244 e. The monoisotopic (exact) mass is 457 g/mol. The van der Waals surface area contributed by atoms with Crippen LogP contribution in [-0.2, 0) is 33.1 Å². The quantitative estimate of drug-likeness (QED) is 0.469. The zero-order valence-electron chi connectivity index (χ0n) is 19.1. The second-order valence-electron chi connectivity index (χ2n) is 8.04. The lowest BCUT2D eigenvalue weighted by Gasteiger charge is -2.29. The Hall–Kier alpha value is -2.68. The van der Waals surface area contributed by atoms with Gasteiger partial charge in [-0.3, -0.25) is 4.79 Å². The molecule has 0 N–H and O–H groups in total. The van der Waals surface area contributed by atoms with Crippen LogP contribution in [0.4, 0.5) is 0 Å². The van der Waals surface area contributed by atoms with Crippen LogP contribution in [0.2, 0.25) is 0 Å². The molecule has 0 radical (unpaired) electrons. The maximum absolute atomic E-state index is 13.7. The Balaban J connectivity index is 1.91. The number of rotatable bonds is 10. The van der Waals surface area contributed by atoms with Crippen LogP contribution in [-0.4, -0.2) is 60.9 Å². The SMILES string of the molecule is COCCN(Cc1cccn1C)C(=O)CN(C(C)C)S(=O)(=O)c1cccc2ccccc12. The zero-order valence-corrected chi connectivity index (χ0v) is 19.9. The van der Waals surface area contributed by atoms with Crippen molar-refractivity contribution in [2.45, 2.75) is 31.3 Å². The summed E-state index contributed by atoms with van der Waals surface area (Å²) in [6.07, 6.45) is 1.92. The number of amides is 1. The van der Waals surface area contributed by atoms with Crippen molar-refractivity contribution in [3.8, 4) is 0 Å². The van der Waals surface area contributed by atoms with Crippen molar-refractivity contribution in [3.05, 3.63) is 66.5 Å². The lowest BCUT2D eigenvalue weighted by molar-refractivity contribution is -0.133. The molecule has 0 fully saturated rings. The first-order valence-corrected chi connectivity index (χ1v) is 12.1. The van der Waals surface area contributed by atoms with Gasteiger partial charge in [0.1, 0.15) is 0 Å². The van der Waals surface area contributed by atoms with E-state index in [4.69, 9.17) is 4.74 Å². The summed E-state index contributed by atoms with van der Waals surface area (Å²) >= 11 is 0. The minimum atomic E-state index is -3.90. The van der Waals surface area contributed by atoms with Crippen molar-refractivity contribution < 1.29 is 17.9 Å². The van der Waals surface area contributed by atoms with Crippen molar-refractivity contribution in [1.29, 1.82) is 0 Å². The number of aromatic nitrogens is 1. The topological polar surface area (TPSA) is 71.8 Å². The van der Waals surface area contributed by atoms with Crippen LogP contribution >= 0.6 is 0 Å². The summed E-state index contributed by atoms with van der Waals surface area (Å²) in [6, 6.07) is 16.1. The molecule has 1 amide bonds. The van der Waals surface area contributed by atoms with Gasteiger partial charge in [0.25, 0.3) is 0 Å². The van der Waals surface area contributed by atoms with Crippen molar-refractivity contribution in [1.82, 2.24) is 13.8 Å². The number of benzene rings is 2. The molecule has 0 bridgehead atoms. The molecule has 0 aliphatic heterocycles. The van der Waals surface area contributed by atoms with Crippen LogP contribution in [0.5, 0.6) is 0 Å². The van der Waals surface area contributed by atoms with Crippen LogP contribution in [0.25, 0.3) is 10.8 Å². The summed E-state index contributed by atoms with van der Waals surface area (Å²) in [5.41, 5.74) is 0.961. The van der Waals surface area contributed by atoms with E-state index in [0.717, 1.165) is 11.1 Å². The molecule has 1 heterocycles. The fourth-order valence-electron chi connectivity index (χ4n) is 3.68. The third-order valence-corrected chi connectivity index (χ3v) is 7.61. The Bertz CT molecular complexity index is 1170. The van der Waals surface area contributed by atoms with Gasteiger partial charge in [-0.1, -0.05) is 36.4 Å². The average molecular weight is 458 g/mol. The lowest BCUT2D eigenvalue weighted by atomic mass is 10.1. The van der Waals surface area contributed by atoms with Crippen LogP contribution in [0.1, 0.15) is 19.5 Å². The molecule has 0 saturated heterocycles. The van der Waals surface area contributed by atoms with Crippen molar-refractivity contribution in [2.75, 3.05) is 26.8 Å². The molecule has 0 spiro atoms. The van der Waals surface area contributed by atoms with Crippen LogP contribution in [0.3, 0.4) is 0 Å². The van der Waals surface area contributed by atoms with Gasteiger partial charge in [0.05, 0.1) is 24.6 Å². The minimum Gasteiger partial charge on any atom is -0.383 e. The molecule has 172 valence electrons. The second kappa shape index (κ2) is 10.3. The van der Waals surface area contributed by atoms with Gasteiger partial charge in [-0.25, -0.2) is 8.42 Å². The highest BCUT2D eigenvalue weighted by molar-refractivity contribution is 7.89. The fraction of sp³-hybridized carbons (Fsp3) is 0.375. The van der Waals surface area contributed by atoms with Gasteiger partial charge in [-0.2, -0.15) is 4.31 Å². The number of hydrogen-bond donors (Lipinski definition) is 0. The normalized spacial score (nSPS) is 12.1. The van der Waals surface area contributed by atoms with Gasteiger partial charge in [0.2, 0.25) is 15.9 Å². The van der Waals surface area contributed by atoms with E-state index < -0.39 is 10.0 Å². The summed E-state index contributed by atoms with van der Waals surface area (Å²) in [5, 5.41) is 1.49. The molecule has 0 aliphatic rings. The molecule has 3 aromatic rings. The predicted octanol–water partition coefficient (Wildman–Crippen LogP) is 3.25. The summed E-state index contributed by atoms with van der Waals surface area (Å²) < 4.78 is 35.7. The highest BCUT2D eigenvalue weighted by Gasteiger charge is 2.32. The molecule has 3 rings (SSSR count). The number of carbonyl (C=O) groups excluding carboxylic acids is 1. The molecular formula is C24H31N3O4S. The Morgan fingerprint density at radius 2 is 1.78 bits per heavy atom. The molecule has 32 heavy (non-hydrogen) atoms. The first-order chi connectivity index (χ1) is 15.3. The number of carbonyl (C=O) groups is 1. The Morgan fingerprint density at radius 3 is 2.44 bits per heavy atom. The molecular weight excluding hydrogens is 426 g/mol. The van der Waals surface area contributed by atoms with Crippen molar-refractivity contribution in [3.63, 3.8) is 0 Å². The summed E-state index contributed by atoms with van der Waals surface area (Å²) in [5.74, 6) is -0.263. The van der Waals surface area contributed by atoms with Crippen molar-refractivity contribution >= 4 is 26.7 Å². The van der Waals surface area contributed by atoms with E-state index in [2.05, 4.69) is 0 Å². The van der Waals surface area contributed by atoms with Gasteiger partial charge >= 0.3 is 0 Å². The van der Waals surface area contributed by atoms with Crippen LogP contribution in [0, 0.1) is 0 Å². The number of sulfonamides is 1. The Morgan fingerprint density at radius 1 is 1.06 bits per heavy atom. The number of methoxy groups -OCH3 is 1.